The summed E-state index contributed by atoms with van der Waals surface area (Å²) in [5, 5.41) is 3.59. The van der Waals surface area contributed by atoms with Gasteiger partial charge in [0.25, 0.3) is 0 Å². The molecule has 0 aliphatic heterocycles. The molecule has 5 nitrogen and oxygen atoms in total. The molecular formula is C10H9N3O2. The first-order chi connectivity index (χ1) is 7.27. The fourth-order valence-electron chi connectivity index (χ4n) is 1.85. The Morgan fingerprint density at radius 3 is 3.07 bits per heavy atom. The number of benzene rings is 1. The van der Waals surface area contributed by atoms with Crippen molar-refractivity contribution in [1.29, 1.82) is 0 Å². The molecule has 1 aromatic rings. The summed E-state index contributed by atoms with van der Waals surface area (Å²) in [4.78, 5) is 14.4. The van der Waals surface area contributed by atoms with E-state index in [9.17, 15) is 4.79 Å². The number of azide groups is 1. The first-order valence-corrected chi connectivity index (χ1v) is 4.52. The van der Waals surface area contributed by atoms with Gasteiger partial charge in [-0.25, -0.2) is 0 Å². The van der Waals surface area contributed by atoms with Crippen molar-refractivity contribution in [3.05, 3.63) is 39.8 Å². The van der Waals surface area contributed by atoms with Crippen molar-refractivity contribution in [2.75, 3.05) is 7.11 Å². The van der Waals surface area contributed by atoms with Crippen LogP contribution in [0.3, 0.4) is 0 Å². The summed E-state index contributed by atoms with van der Waals surface area (Å²) in [5.74, 6) is 0.521. The van der Waals surface area contributed by atoms with Crippen LogP contribution in [-0.4, -0.2) is 12.9 Å². The second-order valence-electron chi connectivity index (χ2n) is 3.27. The van der Waals surface area contributed by atoms with Gasteiger partial charge in [-0.05, 0) is 17.2 Å². The van der Waals surface area contributed by atoms with Crippen molar-refractivity contribution in [3.63, 3.8) is 0 Å². The summed E-state index contributed by atoms with van der Waals surface area (Å²) in [6, 6.07) is 4.93. The molecule has 0 saturated heterocycles. The molecule has 76 valence electrons. The van der Waals surface area contributed by atoms with Crippen molar-refractivity contribution < 1.29 is 9.53 Å². The molecule has 0 aromatic heterocycles. The molecule has 1 aliphatic rings. The Morgan fingerprint density at radius 1 is 1.60 bits per heavy atom. The molecule has 0 saturated carbocycles. The summed E-state index contributed by atoms with van der Waals surface area (Å²) in [5.41, 5.74) is 9.70. The van der Waals surface area contributed by atoms with E-state index < -0.39 is 0 Å². The minimum atomic E-state index is -0.382. The number of hydrogen-bond donors (Lipinski definition) is 0. The molecule has 0 N–H and O–H groups in total. The van der Waals surface area contributed by atoms with Crippen LogP contribution in [0.2, 0.25) is 0 Å². The normalized spacial score (nSPS) is 18.2. The van der Waals surface area contributed by atoms with Crippen LogP contribution in [0, 0.1) is 0 Å². The van der Waals surface area contributed by atoms with E-state index in [0.717, 1.165) is 5.56 Å². The molecule has 2 rings (SSSR count). The number of nitrogens with zero attached hydrogens (tertiary/aromatic N) is 3. The number of carbonyl (C=O) groups is 1. The van der Waals surface area contributed by atoms with Gasteiger partial charge in [0.15, 0.2) is 5.78 Å². The van der Waals surface area contributed by atoms with E-state index in [0.29, 0.717) is 11.3 Å². The van der Waals surface area contributed by atoms with Crippen LogP contribution in [0.25, 0.3) is 10.4 Å². The quantitative estimate of drug-likeness (QED) is 0.421. The number of carbonyl (C=O) groups excluding carboxylic acids is 1. The third-order valence-corrected chi connectivity index (χ3v) is 2.49. The maximum Gasteiger partial charge on any atom is 0.167 e. The molecule has 1 aliphatic carbocycles. The highest BCUT2D eigenvalue weighted by molar-refractivity contribution is 6.03. The lowest BCUT2D eigenvalue weighted by molar-refractivity contribution is 0.0987. The maximum atomic E-state index is 11.7. The van der Waals surface area contributed by atoms with Crippen molar-refractivity contribution in [2.45, 2.75) is 12.5 Å². The number of hydrogen-bond acceptors (Lipinski definition) is 3. The van der Waals surface area contributed by atoms with Gasteiger partial charge < -0.3 is 4.74 Å². The molecule has 15 heavy (non-hydrogen) atoms. The Morgan fingerprint density at radius 2 is 2.40 bits per heavy atom. The van der Waals surface area contributed by atoms with E-state index in [1.165, 1.54) is 7.11 Å². The zero-order valence-electron chi connectivity index (χ0n) is 8.17. The van der Waals surface area contributed by atoms with Crippen LogP contribution in [0.5, 0.6) is 5.75 Å². The van der Waals surface area contributed by atoms with E-state index in [1.807, 2.05) is 0 Å². The third kappa shape index (κ3) is 1.43. The summed E-state index contributed by atoms with van der Waals surface area (Å²) < 4.78 is 5.10. The van der Waals surface area contributed by atoms with Crippen molar-refractivity contribution in [3.8, 4) is 5.75 Å². The SMILES string of the molecule is COc1cccc2c1C(=O)CC2N=[N+]=[N-]. The third-order valence-electron chi connectivity index (χ3n) is 2.49. The molecule has 0 heterocycles. The fourth-order valence-corrected chi connectivity index (χ4v) is 1.85. The van der Waals surface area contributed by atoms with Crippen LogP contribution in [-0.2, 0) is 0 Å². The second kappa shape index (κ2) is 3.63. The molecular weight excluding hydrogens is 194 g/mol. The van der Waals surface area contributed by atoms with Gasteiger partial charge in [0.1, 0.15) is 5.75 Å². The molecule has 0 bridgehead atoms. The highest BCUT2D eigenvalue weighted by Crippen LogP contribution is 2.38. The minimum Gasteiger partial charge on any atom is -0.496 e. The topological polar surface area (TPSA) is 75.1 Å². The van der Waals surface area contributed by atoms with E-state index in [1.54, 1.807) is 18.2 Å². The minimum absolute atomic E-state index is 0.0279. The van der Waals surface area contributed by atoms with E-state index in [2.05, 4.69) is 10.0 Å². The van der Waals surface area contributed by atoms with Gasteiger partial charge in [-0.3, -0.25) is 4.79 Å². The average Bonchev–Trinajstić information content (AvgIpc) is 2.57. The lowest BCUT2D eigenvalue weighted by Crippen LogP contribution is -1.96. The summed E-state index contributed by atoms with van der Waals surface area (Å²) in [6.45, 7) is 0. The summed E-state index contributed by atoms with van der Waals surface area (Å²) >= 11 is 0. The Balaban J connectivity index is 2.58. The Bertz CT molecular complexity index is 464. The Hall–Kier alpha value is -2.00. The van der Waals surface area contributed by atoms with Crippen LogP contribution < -0.4 is 4.74 Å². The lowest BCUT2D eigenvalue weighted by Gasteiger charge is -2.06. The van der Waals surface area contributed by atoms with E-state index in [-0.39, 0.29) is 18.2 Å². The first-order valence-electron chi connectivity index (χ1n) is 4.52. The van der Waals surface area contributed by atoms with Gasteiger partial charge in [-0.15, -0.1) is 0 Å². The highest BCUT2D eigenvalue weighted by Gasteiger charge is 2.31. The highest BCUT2D eigenvalue weighted by atomic mass is 16.5. The van der Waals surface area contributed by atoms with E-state index in [4.69, 9.17) is 10.3 Å². The smallest absolute Gasteiger partial charge is 0.167 e. The van der Waals surface area contributed by atoms with Gasteiger partial charge in [-0.1, -0.05) is 17.2 Å². The predicted molar refractivity (Wildman–Crippen MR) is 53.8 cm³/mol. The number of ether oxygens (including phenoxy) is 1. The second-order valence-corrected chi connectivity index (χ2v) is 3.27. The monoisotopic (exact) mass is 203 g/mol. The molecule has 0 amide bonds. The van der Waals surface area contributed by atoms with Crippen LogP contribution >= 0.6 is 0 Å². The molecule has 0 fully saturated rings. The van der Waals surface area contributed by atoms with Crippen molar-refractivity contribution >= 4 is 5.78 Å². The van der Waals surface area contributed by atoms with Gasteiger partial charge in [0, 0.05) is 11.3 Å². The van der Waals surface area contributed by atoms with Gasteiger partial charge in [0.05, 0.1) is 18.7 Å². The maximum absolute atomic E-state index is 11.7. The molecule has 1 atom stereocenters. The average molecular weight is 203 g/mol. The summed E-state index contributed by atoms with van der Waals surface area (Å²) in [6.07, 6.45) is 0.236. The zero-order chi connectivity index (χ0) is 10.8. The number of methoxy groups -OCH3 is 1. The Labute approximate surface area is 86.3 Å². The summed E-state index contributed by atoms with van der Waals surface area (Å²) in [7, 11) is 1.52. The first kappa shape index (κ1) is 9.55. The van der Waals surface area contributed by atoms with Gasteiger partial charge >= 0.3 is 0 Å². The molecule has 0 spiro atoms. The number of fused-ring (bicyclic) bond motifs is 1. The van der Waals surface area contributed by atoms with Crippen LogP contribution in [0.1, 0.15) is 28.4 Å². The van der Waals surface area contributed by atoms with Crippen molar-refractivity contribution in [2.24, 2.45) is 5.11 Å². The molecule has 1 unspecified atom stereocenters. The fraction of sp³-hybridized carbons (Fsp3) is 0.300. The largest absolute Gasteiger partial charge is 0.496 e. The van der Waals surface area contributed by atoms with E-state index >= 15 is 0 Å². The number of Topliss-reactive ketones (excluding diaryl/α,β-unsaturated/α-hetero) is 1. The zero-order valence-corrected chi connectivity index (χ0v) is 8.17. The lowest BCUT2D eigenvalue weighted by atomic mass is 10.1. The van der Waals surface area contributed by atoms with Crippen molar-refractivity contribution in [1.82, 2.24) is 0 Å². The van der Waals surface area contributed by atoms with Gasteiger partial charge in [-0.2, -0.15) is 0 Å². The number of rotatable bonds is 2. The Kier molecular flexibility index (Phi) is 2.31. The predicted octanol–water partition coefficient (Wildman–Crippen LogP) is 2.63. The number of ketones is 1. The van der Waals surface area contributed by atoms with Crippen LogP contribution in [0.15, 0.2) is 23.3 Å². The molecule has 5 heteroatoms. The molecule has 0 radical (unpaired) electrons. The van der Waals surface area contributed by atoms with Crippen LogP contribution in [0.4, 0.5) is 0 Å². The standard InChI is InChI=1S/C10H9N3O2/c1-15-9-4-2-3-6-7(12-13-11)5-8(14)10(6)9/h2-4,7H,5H2,1H3. The molecule has 1 aromatic carbocycles. The van der Waals surface area contributed by atoms with Gasteiger partial charge in [0.2, 0.25) is 0 Å².